The van der Waals surface area contributed by atoms with E-state index in [1.807, 2.05) is 12.1 Å². The molecule has 0 amide bonds. The van der Waals surface area contributed by atoms with Crippen LogP contribution in [0.1, 0.15) is 24.6 Å². The van der Waals surface area contributed by atoms with Crippen molar-refractivity contribution in [3.8, 4) is 11.5 Å². The maximum Gasteiger partial charge on any atom is 0.490 e. The molecule has 1 aliphatic carbocycles. The fraction of sp³-hybridized carbons (Fsp3) is 0.526. The molecule has 2 heterocycles. The Bertz CT molecular complexity index is 913. The number of methoxy groups -OCH3 is 2. The minimum absolute atomic E-state index is 0.522. The van der Waals surface area contributed by atoms with Gasteiger partial charge in [-0.1, -0.05) is 0 Å². The number of piperazine rings is 1. The zero-order valence-electron chi connectivity index (χ0n) is 16.6. The van der Waals surface area contributed by atoms with Crippen molar-refractivity contribution in [2.45, 2.75) is 24.9 Å². The van der Waals surface area contributed by atoms with Crippen LogP contribution in [-0.2, 0) is 4.79 Å². The lowest BCUT2D eigenvalue weighted by atomic mass is 10.1. The predicted molar refractivity (Wildman–Crippen MR) is 103 cm³/mol. The second-order valence-electron chi connectivity index (χ2n) is 6.94. The van der Waals surface area contributed by atoms with Crippen molar-refractivity contribution < 1.29 is 32.5 Å². The van der Waals surface area contributed by atoms with Crippen molar-refractivity contribution in [3.05, 3.63) is 18.0 Å². The Hall–Kier alpha value is -2.82. The van der Waals surface area contributed by atoms with Crippen molar-refractivity contribution in [2.24, 2.45) is 0 Å². The van der Waals surface area contributed by atoms with E-state index in [9.17, 15) is 13.2 Å². The number of anilines is 1. The van der Waals surface area contributed by atoms with Gasteiger partial charge in [-0.25, -0.2) is 14.8 Å². The maximum absolute atomic E-state index is 10.6. The molecule has 8 nitrogen and oxygen atoms in total. The number of nitrogens with one attached hydrogen (secondary N) is 1. The summed E-state index contributed by atoms with van der Waals surface area (Å²) in [4.78, 5) is 20.9. The maximum atomic E-state index is 10.6. The first-order chi connectivity index (χ1) is 14.2. The van der Waals surface area contributed by atoms with Crippen LogP contribution in [0.2, 0.25) is 0 Å². The van der Waals surface area contributed by atoms with Gasteiger partial charge in [0.2, 0.25) is 0 Å². The summed E-state index contributed by atoms with van der Waals surface area (Å²) in [6, 6.07) is 3.97. The van der Waals surface area contributed by atoms with Gasteiger partial charge in [0, 0.05) is 43.5 Å². The Kier molecular flexibility index (Phi) is 6.49. The molecule has 1 aliphatic heterocycles. The Balaban J connectivity index is 0.000000318. The summed E-state index contributed by atoms with van der Waals surface area (Å²) >= 11 is 0. The van der Waals surface area contributed by atoms with Gasteiger partial charge in [-0.15, -0.1) is 0 Å². The van der Waals surface area contributed by atoms with E-state index >= 15 is 0 Å². The number of alkyl halides is 3. The molecule has 2 aliphatic rings. The standard InChI is InChI=1S/C17H22N4O2.C2HF3O2/c1-22-14-9-12-13(10-15(14)23-2)19-16(11-3-4-11)20-17(12)21-7-5-18-6-8-21;3-2(4,5)1(6)7/h9-11,18H,3-8H2,1-2H3;(H,6,7). The minimum Gasteiger partial charge on any atom is -0.493 e. The summed E-state index contributed by atoms with van der Waals surface area (Å²) in [5, 5.41) is 11.6. The molecule has 1 aromatic carbocycles. The summed E-state index contributed by atoms with van der Waals surface area (Å²) in [7, 11) is 3.32. The Labute approximate surface area is 171 Å². The highest BCUT2D eigenvalue weighted by atomic mass is 19.4. The van der Waals surface area contributed by atoms with Gasteiger partial charge < -0.3 is 24.8 Å². The number of benzene rings is 1. The van der Waals surface area contributed by atoms with E-state index < -0.39 is 12.1 Å². The van der Waals surface area contributed by atoms with Crippen LogP contribution < -0.4 is 19.7 Å². The highest BCUT2D eigenvalue weighted by Crippen LogP contribution is 2.41. The molecule has 2 aromatic rings. The molecule has 0 bridgehead atoms. The number of hydrogen-bond donors (Lipinski definition) is 2. The first-order valence-corrected chi connectivity index (χ1v) is 9.44. The molecule has 0 atom stereocenters. The Morgan fingerprint density at radius 2 is 1.70 bits per heavy atom. The van der Waals surface area contributed by atoms with Gasteiger partial charge in [0.1, 0.15) is 11.6 Å². The first kappa shape index (κ1) is 21.9. The number of ether oxygens (including phenoxy) is 2. The predicted octanol–water partition coefficient (Wildman–Crippen LogP) is 2.57. The topological polar surface area (TPSA) is 96.8 Å². The molecule has 4 rings (SSSR count). The minimum atomic E-state index is -5.08. The largest absolute Gasteiger partial charge is 0.493 e. The van der Waals surface area contributed by atoms with Gasteiger partial charge in [-0.2, -0.15) is 13.2 Å². The van der Waals surface area contributed by atoms with Crippen LogP contribution >= 0.6 is 0 Å². The van der Waals surface area contributed by atoms with Crippen molar-refractivity contribution in [3.63, 3.8) is 0 Å². The van der Waals surface area contributed by atoms with E-state index in [-0.39, 0.29) is 0 Å². The average Bonchev–Trinajstić information content (AvgIpc) is 3.57. The lowest BCUT2D eigenvalue weighted by molar-refractivity contribution is -0.192. The molecular formula is C19H23F3N4O4. The highest BCUT2D eigenvalue weighted by Gasteiger charge is 2.38. The molecule has 0 unspecified atom stereocenters. The Morgan fingerprint density at radius 1 is 1.13 bits per heavy atom. The smallest absolute Gasteiger partial charge is 0.490 e. The van der Waals surface area contributed by atoms with Gasteiger partial charge >= 0.3 is 12.1 Å². The van der Waals surface area contributed by atoms with Gasteiger partial charge in [-0.05, 0) is 18.9 Å². The fourth-order valence-corrected chi connectivity index (χ4v) is 3.10. The molecule has 30 heavy (non-hydrogen) atoms. The summed E-state index contributed by atoms with van der Waals surface area (Å²) in [6.07, 6.45) is -2.69. The van der Waals surface area contributed by atoms with Gasteiger partial charge in [0.05, 0.1) is 19.7 Å². The second-order valence-corrected chi connectivity index (χ2v) is 6.94. The molecule has 2 fully saturated rings. The van der Waals surface area contributed by atoms with Crippen LogP contribution in [0.15, 0.2) is 12.1 Å². The number of carbonyl (C=O) groups is 1. The van der Waals surface area contributed by atoms with Crippen LogP contribution in [0.5, 0.6) is 11.5 Å². The second kappa shape index (κ2) is 8.90. The van der Waals surface area contributed by atoms with E-state index in [2.05, 4.69) is 10.2 Å². The molecule has 164 valence electrons. The summed E-state index contributed by atoms with van der Waals surface area (Å²) < 4.78 is 42.6. The molecule has 2 N–H and O–H groups in total. The van der Waals surface area contributed by atoms with E-state index in [4.69, 9.17) is 29.3 Å². The van der Waals surface area contributed by atoms with Crippen LogP contribution in [0, 0.1) is 0 Å². The van der Waals surface area contributed by atoms with Crippen LogP contribution in [-0.4, -0.2) is 67.6 Å². The number of carboxylic acid groups (broad SMARTS) is 1. The third-order valence-corrected chi connectivity index (χ3v) is 4.80. The van der Waals surface area contributed by atoms with Crippen LogP contribution in [0.25, 0.3) is 10.9 Å². The highest BCUT2D eigenvalue weighted by molar-refractivity contribution is 5.92. The third kappa shape index (κ3) is 5.02. The van der Waals surface area contributed by atoms with E-state index in [1.54, 1.807) is 14.2 Å². The van der Waals surface area contributed by atoms with E-state index in [0.29, 0.717) is 11.7 Å². The van der Waals surface area contributed by atoms with Crippen molar-refractivity contribution in [2.75, 3.05) is 45.3 Å². The number of aliphatic carboxylic acids is 1. The number of nitrogens with zero attached hydrogens (tertiary/aromatic N) is 3. The summed E-state index contributed by atoms with van der Waals surface area (Å²) in [5.41, 5.74) is 0.938. The monoisotopic (exact) mass is 428 g/mol. The number of aromatic nitrogens is 2. The number of hydrogen-bond acceptors (Lipinski definition) is 7. The molecule has 1 aromatic heterocycles. The molecule has 0 radical (unpaired) electrons. The number of halogens is 3. The zero-order valence-corrected chi connectivity index (χ0v) is 16.6. The normalized spacial score (nSPS) is 16.6. The zero-order chi connectivity index (χ0) is 21.9. The SMILES string of the molecule is COc1cc2nc(C3CC3)nc(N3CCNCC3)c2cc1OC.O=C(O)C(F)(F)F. The Morgan fingerprint density at radius 3 is 2.20 bits per heavy atom. The first-order valence-electron chi connectivity index (χ1n) is 9.44. The molecule has 1 saturated heterocycles. The number of fused-ring (bicyclic) bond motifs is 1. The number of rotatable bonds is 4. The lowest BCUT2D eigenvalue weighted by Crippen LogP contribution is -2.44. The van der Waals surface area contributed by atoms with E-state index in [0.717, 1.165) is 54.5 Å². The van der Waals surface area contributed by atoms with Crippen molar-refractivity contribution >= 4 is 22.7 Å². The molecule has 11 heteroatoms. The molecular weight excluding hydrogens is 405 g/mol. The third-order valence-electron chi connectivity index (χ3n) is 4.80. The lowest BCUT2D eigenvalue weighted by Gasteiger charge is -2.29. The summed E-state index contributed by atoms with van der Waals surface area (Å²) in [6.45, 7) is 3.89. The summed E-state index contributed by atoms with van der Waals surface area (Å²) in [5.74, 6) is 1.20. The average molecular weight is 428 g/mol. The van der Waals surface area contributed by atoms with Crippen molar-refractivity contribution in [1.29, 1.82) is 0 Å². The molecule has 1 saturated carbocycles. The van der Waals surface area contributed by atoms with Gasteiger partial charge in [0.15, 0.2) is 11.5 Å². The van der Waals surface area contributed by atoms with Crippen LogP contribution in [0.3, 0.4) is 0 Å². The van der Waals surface area contributed by atoms with Crippen LogP contribution in [0.4, 0.5) is 19.0 Å². The molecule has 0 spiro atoms. The number of carboxylic acids is 1. The van der Waals surface area contributed by atoms with Gasteiger partial charge in [0.25, 0.3) is 0 Å². The van der Waals surface area contributed by atoms with E-state index in [1.165, 1.54) is 12.8 Å². The van der Waals surface area contributed by atoms with Crippen molar-refractivity contribution in [1.82, 2.24) is 15.3 Å². The fourth-order valence-electron chi connectivity index (χ4n) is 3.10. The quantitative estimate of drug-likeness (QED) is 0.767. The van der Waals surface area contributed by atoms with Gasteiger partial charge in [-0.3, -0.25) is 0 Å².